The number of nitrogens with zero attached hydrogens (tertiary/aromatic N) is 1. The third-order valence-corrected chi connectivity index (χ3v) is 3.36. The fourth-order valence-electron chi connectivity index (χ4n) is 1.46. The van der Waals surface area contributed by atoms with Crippen LogP contribution in [0.2, 0.25) is 0 Å². The van der Waals surface area contributed by atoms with Crippen LogP contribution >= 0.6 is 11.8 Å². The van der Waals surface area contributed by atoms with E-state index in [4.69, 9.17) is 0 Å². The number of phenols is 1. The van der Waals surface area contributed by atoms with Gasteiger partial charge in [0.2, 0.25) is 5.82 Å². The average Bonchev–Trinajstić information content (AvgIpc) is 2.30. The van der Waals surface area contributed by atoms with Crippen LogP contribution in [0.15, 0.2) is 46.2 Å². The van der Waals surface area contributed by atoms with Gasteiger partial charge in [0.25, 0.3) is 0 Å². The van der Waals surface area contributed by atoms with Crippen molar-refractivity contribution in [2.45, 2.75) is 9.79 Å². The van der Waals surface area contributed by atoms with Gasteiger partial charge in [-0.15, -0.1) is 0 Å². The summed E-state index contributed by atoms with van der Waals surface area (Å²) in [6.07, 6.45) is 0. The molecule has 0 saturated heterocycles. The molecule has 2 aromatic rings. The maximum atomic E-state index is 13.4. The van der Waals surface area contributed by atoms with Gasteiger partial charge in [-0.2, -0.15) is 4.39 Å². The van der Waals surface area contributed by atoms with E-state index >= 15 is 0 Å². The largest absolute Gasteiger partial charge is 0.507 e. The van der Waals surface area contributed by atoms with Crippen molar-refractivity contribution in [3.8, 4) is 5.75 Å². The van der Waals surface area contributed by atoms with Crippen molar-refractivity contribution < 1.29 is 18.8 Å². The van der Waals surface area contributed by atoms with Crippen LogP contribution in [0.3, 0.4) is 0 Å². The number of benzene rings is 2. The Morgan fingerprint density at radius 3 is 2.47 bits per heavy atom. The Balaban J connectivity index is 2.51. The summed E-state index contributed by atoms with van der Waals surface area (Å²) in [7, 11) is 0. The number of rotatable bonds is 3. The van der Waals surface area contributed by atoms with Crippen molar-refractivity contribution in [2.75, 3.05) is 0 Å². The van der Waals surface area contributed by atoms with Gasteiger partial charge in [0.15, 0.2) is 0 Å². The second-order valence-electron chi connectivity index (χ2n) is 3.56. The highest BCUT2D eigenvalue weighted by Gasteiger charge is 2.23. The SMILES string of the molecule is O=[N+]([O-])c1c(F)cc(F)cc1Sc1ccccc1O. The van der Waals surface area contributed by atoms with Crippen LogP contribution in [-0.4, -0.2) is 10.0 Å². The number of nitro benzene ring substituents is 1. The first-order valence-electron chi connectivity index (χ1n) is 5.08. The van der Waals surface area contributed by atoms with E-state index in [9.17, 15) is 24.0 Å². The summed E-state index contributed by atoms with van der Waals surface area (Å²) in [5.74, 6) is -2.28. The molecule has 0 aliphatic rings. The van der Waals surface area contributed by atoms with E-state index in [1.165, 1.54) is 12.1 Å². The molecule has 0 unspecified atom stereocenters. The van der Waals surface area contributed by atoms with Crippen LogP contribution in [0.5, 0.6) is 5.75 Å². The molecule has 0 bridgehead atoms. The standard InChI is InChI=1S/C12H7F2NO3S/c13-7-5-8(14)12(15(17)18)11(6-7)19-10-4-2-1-3-9(10)16/h1-6,16H. The minimum absolute atomic E-state index is 0.119. The van der Waals surface area contributed by atoms with Crippen molar-refractivity contribution in [2.24, 2.45) is 0 Å². The van der Waals surface area contributed by atoms with E-state index in [-0.39, 0.29) is 15.5 Å². The molecule has 0 heterocycles. The average molecular weight is 283 g/mol. The molecule has 4 nitrogen and oxygen atoms in total. The Hall–Kier alpha value is -2.15. The first-order valence-corrected chi connectivity index (χ1v) is 5.90. The molecular formula is C12H7F2NO3S. The van der Waals surface area contributed by atoms with Gasteiger partial charge < -0.3 is 5.11 Å². The summed E-state index contributed by atoms with van der Waals surface area (Å²) in [6, 6.07) is 7.35. The van der Waals surface area contributed by atoms with Crippen LogP contribution in [0.25, 0.3) is 0 Å². The van der Waals surface area contributed by atoms with E-state index in [1.54, 1.807) is 12.1 Å². The molecule has 0 atom stereocenters. The first-order chi connectivity index (χ1) is 8.99. The molecule has 0 aliphatic heterocycles. The lowest BCUT2D eigenvalue weighted by atomic mass is 10.3. The minimum atomic E-state index is -1.25. The summed E-state index contributed by atoms with van der Waals surface area (Å²) >= 11 is 0.726. The van der Waals surface area contributed by atoms with Crippen molar-refractivity contribution in [1.29, 1.82) is 0 Å². The third-order valence-electron chi connectivity index (χ3n) is 2.26. The summed E-state index contributed by atoms with van der Waals surface area (Å²) in [6.45, 7) is 0. The smallest absolute Gasteiger partial charge is 0.318 e. The number of halogens is 2. The maximum Gasteiger partial charge on any atom is 0.318 e. The molecular weight excluding hydrogens is 276 g/mol. The van der Waals surface area contributed by atoms with E-state index in [0.717, 1.165) is 17.8 Å². The molecule has 2 aromatic carbocycles. The molecule has 0 aliphatic carbocycles. The predicted molar refractivity (Wildman–Crippen MR) is 65.2 cm³/mol. The highest BCUT2D eigenvalue weighted by atomic mass is 32.2. The summed E-state index contributed by atoms with van der Waals surface area (Å²) in [4.78, 5) is 9.95. The number of hydrogen-bond acceptors (Lipinski definition) is 4. The first kappa shape index (κ1) is 13.3. The van der Waals surface area contributed by atoms with Gasteiger partial charge in [-0.1, -0.05) is 23.9 Å². The number of nitro groups is 1. The molecule has 98 valence electrons. The summed E-state index contributed by atoms with van der Waals surface area (Å²) in [5, 5.41) is 20.4. The quantitative estimate of drug-likeness (QED) is 0.688. The lowest BCUT2D eigenvalue weighted by Gasteiger charge is -2.05. The van der Waals surface area contributed by atoms with Gasteiger partial charge in [-0.3, -0.25) is 10.1 Å². The maximum absolute atomic E-state index is 13.4. The van der Waals surface area contributed by atoms with Crippen LogP contribution in [0.1, 0.15) is 0 Å². The van der Waals surface area contributed by atoms with Gasteiger partial charge in [0.05, 0.1) is 14.7 Å². The number of phenolic OH excluding ortho intramolecular Hbond substituents is 1. The van der Waals surface area contributed by atoms with Crippen molar-refractivity contribution in [3.05, 3.63) is 58.1 Å². The molecule has 19 heavy (non-hydrogen) atoms. The Labute approximate surface area is 110 Å². The van der Waals surface area contributed by atoms with E-state index < -0.39 is 22.2 Å². The normalized spacial score (nSPS) is 10.4. The fraction of sp³-hybridized carbons (Fsp3) is 0. The molecule has 0 spiro atoms. The van der Waals surface area contributed by atoms with Crippen molar-refractivity contribution >= 4 is 17.4 Å². The zero-order chi connectivity index (χ0) is 14.0. The van der Waals surface area contributed by atoms with Gasteiger partial charge in [-0.25, -0.2) is 4.39 Å². The highest BCUT2D eigenvalue weighted by molar-refractivity contribution is 7.99. The zero-order valence-corrected chi connectivity index (χ0v) is 10.2. The molecule has 0 fully saturated rings. The lowest BCUT2D eigenvalue weighted by molar-refractivity contribution is -0.390. The number of para-hydroxylation sites is 1. The Bertz CT molecular complexity index is 649. The number of aromatic hydroxyl groups is 1. The summed E-state index contributed by atoms with van der Waals surface area (Å²) in [5.41, 5.74) is -0.811. The van der Waals surface area contributed by atoms with Crippen LogP contribution in [0, 0.1) is 21.7 Å². The molecule has 7 heteroatoms. The Morgan fingerprint density at radius 2 is 1.84 bits per heavy atom. The topological polar surface area (TPSA) is 63.4 Å². The van der Waals surface area contributed by atoms with Gasteiger partial charge >= 0.3 is 5.69 Å². The van der Waals surface area contributed by atoms with E-state index in [2.05, 4.69) is 0 Å². The summed E-state index contributed by atoms with van der Waals surface area (Å²) < 4.78 is 26.5. The fourth-order valence-corrected chi connectivity index (χ4v) is 2.46. The monoisotopic (exact) mass is 283 g/mol. The second kappa shape index (κ2) is 5.23. The van der Waals surface area contributed by atoms with Gasteiger partial charge in [0, 0.05) is 6.07 Å². The Morgan fingerprint density at radius 1 is 1.16 bits per heavy atom. The van der Waals surface area contributed by atoms with Gasteiger partial charge in [0.1, 0.15) is 11.6 Å². The molecule has 0 radical (unpaired) electrons. The minimum Gasteiger partial charge on any atom is -0.507 e. The van der Waals surface area contributed by atoms with Crippen molar-refractivity contribution in [3.63, 3.8) is 0 Å². The van der Waals surface area contributed by atoms with Gasteiger partial charge in [-0.05, 0) is 18.2 Å². The van der Waals surface area contributed by atoms with Crippen LogP contribution in [-0.2, 0) is 0 Å². The zero-order valence-electron chi connectivity index (χ0n) is 9.34. The third kappa shape index (κ3) is 2.82. The molecule has 1 N–H and O–H groups in total. The van der Waals surface area contributed by atoms with E-state index in [0.29, 0.717) is 6.07 Å². The predicted octanol–water partition coefficient (Wildman–Crippen LogP) is 3.73. The van der Waals surface area contributed by atoms with Crippen LogP contribution in [0.4, 0.5) is 14.5 Å². The molecule has 0 aromatic heterocycles. The lowest BCUT2D eigenvalue weighted by Crippen LogP contribution is -1.96. The second-order valence-corrected chi connectivity index (χ2v) is 4.65. The van der Waals surface area contributed by atoms with Crippen molar-refractivity contribution in [1.82, 2.24) is 0 Å². The number of hydrogen-bond donors (Lipinski definition) is 1. The highest BCUT2D eigenvalue weighted by Crippen LogP contribution is 2.40. The molecule has 0 saturated carbocycles. The van der Waals surface area contributed by atoms with Crippen LogP contribution < -0.4 is 0 Å². The molecule has 0 amide bonds. The molecule has 2 rings (SSSR count). The van der Waals surface area contributed by atoms with E-state index in [1.807, 2.05) is 0 Å². The Kier molecular flexibility index (Phi) is 3.66.